The van der Waals surface area contributed by atoms with Crippen molar-refractivity contribution in [2.45, 2.75) is 39.7 Å². The Morgan fingerprint density at radius 1 is 1.30 bits per heavy atom. The van der Waals surface area contributed by atoms with Gasteiger partial charge in [-0.1, -0.05) is 25.2 Å². The summed E-state index contributed by atoms with van der Waals surface area (Å²) >= 11 is 1.59. The Hall–Kier alpha value is -1.33. The molecule has 1 aromatic carbocycles. The molecule has 2 aromatic rings. The SMILES string of the molecule is Cc1cc(F)ccc1-c1nnc(CCCNC(C)C)s1. The van der Waals surface area contributed by atoms with Crippen LogP contribution in [0.2, 0.25) is 0 Å². The van der Waals surface area contributed by atoms with Crippen LogP contribution in [-0.4, -0.2) is 22.8 Å². The van der Waals surface area contributed by atoms with Gasteiger partial charge in [-0.15, -0.1) is 10.2 Å². The molecule has 0 radical (unpaired) electrons. The lowest BCUT2D eigenvalue weighted by Crippen LogP contribution is -2.23. The van der Waals surface area contributed by atoms with Crippen molar-refractivity contribution < 1.29 is 4.39 Å². The molecule has 3 nitrogen and oxygen atoms in total. The molecule has 0 aliphatic carbocycles. The van der Waals surface area contributed by atoms with Crippen LogP contribution in [0.1, 0.15) is 30.8 Å². The number of benzene rings is 1. The van der Waals surface area contributed by atoms with Crippen LogP contribution in [0.4, 0.5) is 4.39 Å². The van der Waals surface area contributed by atoms with Gasteiger partial charge in [-0.2, -0.15) is 0 Å². The summed E-state index contributed by atoms with van der Waals surface area (Å²) in [5.74, 6) is -0.212. The number of hydrogen-bond acceptors (Lipinski definition) is 4. The number of halogens is 1. The molecule has 0 atom stereocenters. The third-order valence-electron chi connectivity index (χ3n) is 3.01. The summed E-state index contributed by atoms with van der Waals surface area (Å²) < 4.78 is 13.1. The predicted octanol–water partition coefficient (Wildman–Crippen LogP) is 3.58. The average molecular weight is 293 g/mol. The molecular weight excluding hydrogens is 273 g/mol. The summed E-state index contributed by atoms with van der Waals surface area (Å²) in [5, 5.41) is 13.7. The van der Waals surface area contributed by atoms with Gasteiger partial charge in [0.05, 0.1) is 0 Å². The Bertz CT molecular complexity index is 566. The average Bonchev–Trinajstić information content (AvgIpc) is 2.83. The molecule has 5 heteroatoms. The zero-order valence-electron chi connectivity index (χ0n) is 12.1. The van der Waals surface area contributed by atoms with E-state index in [9.17, 15) is 4.39 Å². The predicted molar refractivity (Wildman–Crippen MR) is 81.5 cm³/mol. The highest BCUT2D eigenvalue weighted by Gasteiger charge is 2.09. The van der Waals surface area contributed by atoms with Crippen LogP contribution in [0, 0.1) is 12.7 Å². The first-order chi connectivity index (χ1) is 9.56. The minimum atomic E-state index is -0.212. The molecule has 0 amide bonds. The number of nitrogens with zero attached hydrogens (tertiary/aromatic N) is 2. The largest absolute Gasteiger partial charge is 0.315 e. The fourth-order valence-corrected chi connectivity index (χ4v) is 2.93. The second kappa shape index (κ2) is 6.90. The van der Waals surface area contributed by atoms with Crippen LogP contribution in [-0.2, 0) is 6.42 Å². The lowest BCUT2D eigenvalue weighted by atomic mass is 10.1. The van der Waals surface area contributed by atoms with E-state index in [-0.39, 0.29) is 5.82 Å². The molecule has 0 fully saturated rings. The number of aromatic nitrogens is 2. The van der Waals surface area contributed by atoms with Gasteiger partial charge in [0.2, 0.25) is 0 Å². The number of rotatable bonds is 6. The topological polar surface area (TPSA) is 37.8 Å². The fraction of sp³-hybridized carbons (Fsp3) is 0.467. The molecule has 0 aliphatic heterocycles. The molecule has 0 saturated carbocycles. The van der Waals surface area contributed by atoms with Gasteiger partial charge in [0, 0.05) is 18.0 Å². The lowest BCUT2D eigenvalue weighted by molar-refractivity contribution is 0.569. The van der Waals surface area contributed by atoms with Crippen molar-refractivity contribution in [3.05, 3.63) is 34.6 Å². The molecule has 20 heavy (non-hydrogen) atoms. The van der Waals surface area contributed by atoms with Crippen molar-refractivity contribution in [2.24, 2.45) is 0 Å². The maximum absolute atomic E-state index is 13.1. The molecule has 0 spiro atoms. The van der Waals surface area contributed by atoms with E-state index in [1.165, 1.54) is 12.1 Å². The summed E-state index contributed by atoms with van der Waals surface area (Å²) in [6, 6.07) is 5.29. The lowest BCUT2D eigenvalue weighted by Gasteiger charge is -2.05. The van der Waals surface area contributed by atoms with Gasteiger partial charge < -0.3 is 5.32 Å². The van der Waals surface area contributed by atoms with Crippen LogP contribution < -0.4 is 5.32 Å². The van der Waals surface area contributed by atoms with E-state index in [1.54, 1.807) is 17.4 Å². The van der Waals surface area contributed by atoms with Crippen molar-refractivity contribution in [1.29, 1.82) is 0 Å². The zero-order valence-corrected chi connectivity index (χ0v) is 12.9. The molecule has 0 saturated heterocycles. The van der Waals surface area contributed by atoms with E-state index in [0.29, 0.717) is 6.04 Å². The summed E-state index contributed by atoms with van der Waals surface area (Å²) in [6.45, 7) is 7.16. The van der Waals surface area contributed by atoms with Gasteiger partial charge in [0.25, 0.3) is 0 Å². The van der Waals surface area contributed by atoms with Gasteiger partial charge in [0.15, 0.2) is 0 Å². The van der Waals surface area contributed by atoms with Gasteiger partial charge in [-0.3, -0.25) is 0 Å². The number of nitrogens with one attached hydrogen (secondary N) is 1. The molecule has 0 aliphatic rings. The molecule has 1 heterocycles. The monoisotopic (exact) mass is 293 g/mol. The maximum atomic E-state index is 13.1. The van der Waals surface area contributed by atoms with Gasteiger partial charge in [-0.05, 0) is 43.7 Å². The molecule has 2 rings (SSSR count). The van der Waals surface area contributed by atoms with Crippen molar-refractivity contribution in [1.82, 2.24) is 15.5 Å². The van der Waals surface area contributed by atoms with Crippen molar-refractivity contribution in [3.63, 3.8) is 0 Å². The molecule has 108 valence electrons. The Balaban J connectivity index is 1.98. The Morgan fingerprint density at radius 2 is 2.10 bits per heavy atom. The highest BCUT2D eigenvalue weighted by Crippen LogP contribution is 2.27. The fourth-order valence-electron chi connectivity index (χ4n) is 1.96. The first-order valence-corrected chi connectivity index (χ1v) is 7.70. The Kier molecular flexibility index (Phi) is 5.20. The normalized spacial score (nSPS) is 11.2. The molecule has 0 unspecified atom stereocenters. The van der Waals surface area contributed by atoms with Crippen molar-refractivity contribution >= 4 is 11.3 Å². The maximum Gasteiger partial charge on any atom is 0.148 e. The molecular formula is C15H20FN3S. The third kappa shape index (κ3) is 4.08. The summed E-state index contributed by atoms with van der Waals surface area (Å²) in [6.07, 6.45) is 1.98. The van der Waals surface area contributed by atoms with Gasteiger partial charge in [-0.25, -0.2) is 4.39 Å². The van der Waals surface area contributed by atoms with E-state index in [0.717, 1.165) is 40.5 Å². The standard InChI is InChI=1S/C15H20FN3S/c1-10(2)17-8-4-5-14-18-19-15(20-14)13-7-6-12(16)9-11(13)3/h6-7,9-10,17H,4-5,8H2,1-3H3. The summed E-state index contributed by atoms with van der Waals surface area (Å²) in [5.41, 5.74) is 1.87. The Morgan fingerprint density at radius 3 is 2.80 bits per heavy atom. The van der Waals surface area contributed by atoms with Crippen LogP contribution >= 0.6 is 11.3 Å². The van der Waals surface area contributed by atoms with Crippen LogP contribution in [0.3, 0.4) is 0 Å². The number of aryl methyl sites for hydroxylation is 2. The molecule has 1 aromatic heterocycles. The van der Waals surface area contributed by atoms with Gasteiger partial charge >= 0.3 is 0 Å². The zero-order chi connectivity index (χ0) is 14.5. The quantitative estimate of drug-likeness (QED) is 0.827. The van der Waals surface area contributed by atoms with Crippen LogP contribution in [0.5, 0.6) is 0 Å². The summed E-state index contributed by atoms with van der Waals surface area (Å²) in [4.78, 5) is 0. The van der Waals surface area contributed by atoms with Gasteiger partial charge in [0.1, 0.15) is 15.8 Å². The van der Waals surface area contributed by atoms with E-state index in [1.807, 2.05) is 6.92 Å². The Labute approximate surface area is 123 Å². The van der Waals surface area contributed by atoms with Crippen LogP contribution in [0.15, 0.2) is 18.2 Å². The second-order valence-electron chi connectivity index (χ2n) is 5.17. The van der Waals surface area contributed by atoms with Crippen molar-refractivity contribution in [3.8, 4) is 10.6 Å². The minimum Gasteiger partial charge on any atom is -0.315 e. The first kappa shape index (κ1) is 15.1. The number of hydrogen-bond donors (Lipinski definition) is 1. The highest BCUT2D eigenvalue weighted by atomic mass is 32.1. The highest BCUT2D eigenvalue weighted by molar-refractivity contribution is 7.14. The third-order valence-corrected chi connectivity index (χ3v) is 4.02. The minimum absolute atomic E-state index is 0.212. The first-order valence-electron chi connectivity index (χ1n) is 6.88. The van der Waals surface area contributed by atoms with E-state index in [4.69, 9.17) is 0 Å². The van der Waals surface area contributed by atoms with E-state index >= 15 is 0 Å². The molecule has 1 N–H and O–H groups in total. The summed E-state index contributed by atoms with van der Waals surface area (Å²) in [7, 11) is 0. The molecule has 0 bridgehead atoms. The van der Waals surface area contributed by atoms with Crippen molar-refractivity contribution in [2.75, 3.05) is 6.54 Å². The van der Waals surface area contributed by atoms with E-state index in [2.05, 4.69) is 29.4 Å². The smallest absolute Gasteiger partial charge is 0.148 e. The van der Waals surface area contributed by atoms with E-state index < -0.39 is 0 Å². The second-order valence-corrected chi connectivity index (χ2v) is 6.23. The van der Waals surface area contributed by atoms with Crippen LogP contribution in [0.25, 0.3) is 10.6 Å².